The molecule has 0 fully saturated rings. The molecule has 0 saturated heterocycles. The molecule has 0 saturated carbocycles. The highest BCUT2D eigenvalue weighted by molar-refractivity contribution is 7.89. The SMILES string of the molecule is CCN(CC(=O)Nc1ccc2c(c1)N(C(=O)c1ccc(OC)cc1)CC2)S(=O)(=O)c1ccc(OC)c(Cl)c1. The van der Waals surface area contributed by atoms with Crippen molar-refractivity contribution in [3.05, 3.63) is 76.8 Å². The van der Waals surface area contributed by atoms with Crippen molar-refractivity contribution in [3.63, 3.8) is 0 Å². The molecule has 1 aliphatic heterocycles. The van der Waals surface area contributed by atoms with Crippen LogP contribution in [0.3, 0.4) is 0 Å². The largest absolute Gasteiger partial charge is 0.497 e. The van der Waals surface area contributed by atoms with E-state index in [1.807, 2.05) is 6.07 Å². The maximum Gasteiger partial charge on any atom is 0.258 e. The number of likely N-dealkylation sites (N-methyl/N-ethyl adjacent to an activating group) is 1. The predicted molar refractivity (Wildman–Crippen MR) is 146 cm³/mol. The highest BCUT2D eigenvalue weighted by atomic mass is 35.5. The molecule has 0 aliphatic carbocycles. The van der Waals surface area contributed by atoms with Gasteiger partial charge in [-0.25, -0.2) is 8.42 Å². The summed E-state index contributed by atoms with van der Waals surface area (Å²) in [5.41, 5.74) is 2.68. The monoisotopic (exact) mass is 557 g/mol. The number of carbonyl (C=O) groups excluding carboxylic acids is 2. The number of nitrogens with zero attached hydrogens (tertiary/aromatic N) is 2. The van der Waals surface area contributed by atoms with Gasteiger partial charge in [0.05, 0.1) is 30.7 Å². The number of methoxy groups -OCH3 is 2. The molecule has 38 heavy (non-hydrogen) atoms. The van der Waals surface area contributed by atoms with Gasteiger partial charge in [0.1, 0.15) is 11.5 Å². The minimum Gasteiger partial charge on any atom is -0.497 e. The van der Waals surface area contributed by atoms with Crippen molar-refractivity contribution in [2.24, 2.45) is 0 Å². The summed E-state index contributed by atoms with van der Waals surface area (Å²) in [6, 6.07) is 16.4. The van der Waals surface area contributed by atoms with Gasteiger partial charge in [0, 0.05) is 30.0 Å². The van der Waals surface area contributed by atoms with Crippen LogP contribution in [0, 0.1) is 0 Å². The van der Waals surface area contributed by atoms with Gasteiger partial charge in [-0.05, 0) is 66.6 Å². The number of halogens is 1. The fraction of sp³-hybridized carbons (Fsp3) is 0.259. The van der Waals surface area contributed by atoms with E-state index in [9.17, 15) is 18.0 Å². The summed E-state index contributed by atoms with van der Waals surface area (Å²) >= 11 is 6.11. The second-order valence-corrected chi connectivity index (χ2v) is 10.9. The number of sulfonamides is 1. The number of nitrogens with one attached hydrogen (secondary N) is 1. The van der Waals surface area contributed by atoms with Gasteiger partial charge in [-0.2, -0.15) is 4.31 Å². The van der Waals surface area contributed by atoms with E-state index in [-0.39, 0.29) is 22.4 Å². The van der Waals surface area contributed by atoms with Crippen LogP contribution < -0.4 is 19.7 Å². The fourth-order valence-corrected chi connectivity index (χ4v) is 6.00. The van der Waals surface area contributed by atoms with Gasteiger partial charge in [-0.1, -0.05) is 24.6 Å². The molecule has 4 rings (SSSR count). The van der Waals surface area contributed by atoms with E-state index in [0.717, 1.165) is 9.87 Å². The lowest BCUT2D eigenvalue weighted by Gasteiger charge is -2.21. The molecule has 0 spiro atoms. The van der Waals surface area contributed by atoms with Crippen LogP contribution in [0.15, 0.2) is 65.6 Å². The Labute approximate surface area is 227 Å². The van der Waals surface area contributed by atoms with Gasteiger partial charge < -0.3 is 19.7 Å². The molecular weight excluding hydrogens is 530 g/mol. The molecule has 3 aromatic carbocycles. The van der Waals surface area contributed by atoms with Crippen molar-refractivity contribution >= 4 is 44.8 Å². The first kappa shape index (κ1) is 27.4. The van der Waals surface area contributed by atoms with Crippen molar-refractivity contribution in [1.82, 2.24) is 4.31 Å². The van der Waals surface area contributed by atoms with Crippen LogP contribution in [0.2, 0.25) is 5.02 Å². The lowest BCUT2D eigenvalue weighted by Crippen LogP contribution is -2.37. The lowest BCUT2D eigenvalue weighted by molar-refractivity contribution is -0.116. The van der Waals surface area contributed by atoms with Crippen LogP contribution >= 0.6 is 11.6 Å². The molecular formula is C27H28ClN3O6S. The van der Waals surface area contributed by atoms with E-state index >= 15 is 0 Å². The third kappa shape index (κ3) is 5.62. The topological polar surface area (TPSA) is 105 Å². The molecule has 1 heterocycles. The first-order valence-corrected chi connectivity index (χ1v) is 13.7. The van der Waals surface area contributed by atoms with Crippen LogP contribution in [0.5, 0.6) is 11.5 Å². The van der Waals surface area contributed by atoms with Gasteiger partial charge >= 0.3 is 0 Å². The summed E-state index contributed by atoms with van der Waals surface area (Å²) < 4.78 is 37.6. The number of hydrogen-bond acceptors (Lipinski definition) is 6. The van der Waals surface area contributed by atoms with Gasteiger partial charge in [0.2, 0.25) is 15.9 Å². The zero-order valence-corrected chi connectivity index (χ0v) is 22.8. The lowest BCUT2D eigenvalue weighted by atomic mass is 10.1. The summed E-state index contributed by atoms with van der Waals surface area (Å²) in [5, 5.41) is 2.91. The van der Waals surface area contributed by atoms with Crippen molar-refractivity contribution in [3.8, 4) is 11.5 Å². The molecule has 3 aromatic rings. The van der Waals surface area contributed by atoms with E-state index in [4.69, 9.17) is 21.1 Å². The van der Waals surface area contributed by atoms with Gasteiger partial charge in [-0.15, -0.1) is 0 Å². The average molecular weight is 558 g/mol. The molecule has 0 aromatic heterocycles. The normalized spacial score (nSPS) is 12.8. The Morgan fingerprint density at radius 3 is 2.39 bits per heavy atom. The Hall–Kier alpha value is -3.60. The van der Waals surface area contributed by atoms with Crippen molar-refractivity contribution < 1.29 is 27.5 Å². The molecule has 11 heteroatoms. The third-order valence-electron chi connectivity index (χ3n) is 6.28. The number of benzene rings is 3. The molecule has 200 valence electrons. The molecule has 2 amide bonds. The number of anilines is 2. The second-order valence-electron chi connectivity index (χ2n) is 8.55. The van der Waals surface area contributed by atoms with Gasteiger partial charge in [0.25, 0.3) is 5.91 Å². The minimum absolute atomic E-state index is 0.0387. The maximum absolute atomic E-state index is 13.1. The Morgan fingerprint density at radius 2 is 1.76 bits per heavy atom. The zero-order chi connectivity index (χ0) is 27.4. The van der Waals surface area contributed by atoms with Crippen LogP contribution in [0.1, 0.15) is 22.8 Å². The second kappa shape index (κ2) is 11.4. The Kier molecular flexibility index (Phi) is 8.25. The van der Waals surface area contributed by atoms with Crippen molar-refractivity contribution in [1.29, 1.82) is 0 Å². The highest BCUT2D eigenvalue weighted by Gasteiger charge is 2.28. The summed E-state index contributed by atoms with van der Waals surface area (Å²) in [6.07, 6.45) is 0.692. The standard InChI is InChI=1S/C27H28ClN3O6S/c1-4-30(38(34,35)22-11-12-25(37-3)23(28)16-22)17-26(32)29-20-8-5-18-13-14-31(24(18)15-20)27(33)19-6-9-21(36-2)10-7-19/h5-12,15-16H,4,13-14,17H2,1-3H3,(H,29,32). The van der Waals surface area contributed by atoms with E-state index in [1.165, 1.54) is 25.3 Å². The van der Waals surface area contributed by atoms with Crippen molar-refractivity contribution in [2.45, 2.75) is 18.2 Å². The third-order valence-corrected chi connectivity index (χ3v) is 8.49. The van der Waals surface area contributed by atoms with Crippen LogP contribution in [0.25, 0.3) is 0 Å². The highest BCUT2D eigenvalue weighted by Crippen LogP contribution is 2.33. The summed E-state index contributed by atoms with van der Waals surface area (Å²) in [5.74, 6) is 0.339. The maximum atomic E-state index is 13.1. The van der Waals surface area contributed by atoms with Gasteiger partial charge in [-0.3, -0.25) is 9.59 Å². The van der Waals surface area contributed by atoms with E-state index in [0.29, 0.717) is 41.4 Å². The summed E-state index contributed by atoms with van der Waals surface area (Å²) in [7, 11) is -0.982. The molecule has 0 radical (unpaired) electrons. The quantitative estimate of drug-likeness (QED) is 0.422. The smallest absolute Gasteiger partial charge is 0.258 e. The van der Waals surface area contributed by atoms with Crippen molar-refractivity contribution in [2.75, 3.05) is 44.1 Å². The van der Waals surface area contributed by atoms with E-state index in [2.05, 4.69) is 5.32 Å². The number of hydrogen-bond donors (Lipinski definition) is 1. The molecule has 0 atom stereocenters. The van der Waals surface area contributed by atoms with Gasteiger partial charge in [0.15, 0.2) is 0 Å². The van der Waals surface area contributed by atoms with E-state index in [1.54, 1.807) is 55.3 Å². The zero-order valence-electron chi connectivity index (χ0n) is 21.2. The van der Waals surface area contributed by atoms with E-state index < -0.39 is 22.5 Å². The Morgan fingerprint density at radius 1 is 1.03 bits per heavy atom. The van der Waals surface area contributed by atoms with Crippen LogP contribution in [-0.2, 0) is 21.2 Å². The van der Waals surface area contributed by atoms with Crippen LogP contribution in [0.4, 0.5) is 11.4 Å². The Balaban J connectivity index is 1.48. The molecule has 1 N–H and O–H groups in total. The molecule has 0 bridgehead atoms. The number of rotatable bonds is 9. The molecule has 0 unspecified atom stereocenters. The number of fused-ring (bicyclic) bond motifs is 1. The summed E-state index contributed by atoms with van der Waals surface area (Å²) in [4.78, 5) is 27.6. The first-order chi connectivity index (χ1) is 18.2. The fourth-order valence-electron chi connectivity index (χ4n) is 4.24. The average Bonchev–Trinajstić information content (AvgIpc) is 3.34. The molecule has 9 nitrogen and oxygen atoms in total. The number of carbonyl (C=O) groups is 2. The molecule has 1 aliphatic rings. The predicted octanol–water partition coefficient (Wildman–Crippen LogP) is 4.21. The number of amides is 2. The first-order valence-electron chi connectivity index (χ1n) is 11.9. The summed E-state index contributed by atoms with van der Waals surface area (Å²) in [6.45, 7) is 1.85. The minimum atomic E-state index is -3.98. The van der Waals surface area contributed by atoms with Crippen LogP contribution in [-0.4, -0.2) is 58.4 Å². The number of ether oxygens (including phenoxy) is 2. The Bertz CT molecular complexity index is 1460.